The van der Waals surface area contributed by atoms with Gasteiger partial charge in [-0.25, -0.2) is 13.8 Å². The first kappa shape index (κ1) is 25.0. The maximum Gasteiger partial charge on any atom is 0.306 e. The van der Waals surface area contributed by atoms with Crippen molar-refractivity contribution in [2.45, 2.75) is 39.2 Å². The number of ether oxygens (including phenoxy) is 2. The highest BCUT2D eigenvalue weighted by atomic mass is 19.1. The van der Waals surface area contributed by atoms with Gasteiger partial charge in [-0.2, -0.15) is 0 Å². The number of carbonyl (C=O) groups is 2. The predicted octanol–water partition coefficient (Wildman–Crippen LogP) is 6.24. The number of rotatable bonds is 8. The molecule has 0 unspecified atom stereocenters. The smallest absolute Gasteiger partial charge is 0.306 e. The van der Waals surface area contributed by atoms with Crippen molar-refractivity contribution in [3.8, 4) is 16.9 Å². The third-order valence-electron chi connectivity index (χ3n) is 5.37. The van der Waals surface area contributed by atoms with Gasteiger partial charge in [0.2, 0.25) is 5.78 Å². The standard InChI is InChI=1S/C28H26F2N2O4/c1-28(2,3)36-24(33)8-5-13-35-19-11-9-17(10-12-19)18-14-20-21(16-32-27(20)31-15-18)26(34)25-22(29)6-4-7-23(25)30/h4,6-7,9-12,14-16H,5,8,13H2,1-3H3,(H,31,32). The van der Waals surface area contributed by atoms with Gasteiger partial charge in [-0.1, -0.05) is 18.2 Å². The summed E-state index contributed by atoms with van der Waals surface area (Å²) in [6.07, 6.45) is 3.86. The molecule has 1 N–H and O–H groups in total. The number of aromatic nitrogens is 2. The maximum absolute atomic E-state index is 14.2. The van der Waals surface area contributed by atoms with Gasteiger partial charge in [-0.05, 0) is 63.1 Å². The number of benzene rings is 2. The monoisotopic (exact) mass is 492 g/mol. The molecule has 0 aliphatic carbocycles. The first-order chi connectivity index (χ1) is 17.1. The molecule has 0 saturated carbocycles. The molecule has 2 aromatic heterocycles. The van der Waals surface area contributed by atoms with Gasteiger partial charge in [0.05, 0.1) is 12.2 Å². The van der Waals surface area contributed by atoms with Crippen LogP contribution in [0.15, 0.2) is 60.9 Å². The fourth-order valence-electron chi connectivity index (χ4n) is 3.74. The lowest BCUT2D eigenvalue weighted by molar-refractivity contribution is -0.155. The number of esters is 1. The summed E-state index contributed by atoms with van der Waals surface area (Å²) in [5.74, 6) is -2.21. The Morgan fingerprint density at radius 2 is 1.69 bits per heavy atom. The zero-order valence-electron chi connectivity index (χ0n) is 20.2. The Balaban J connectivity index is 1.46. The number of hydrogen-bond acceptors (Lipinski definition) is 5. The van der Waals surface area contributed by atoms with Crippen molar-refractivity contribution in [2.75, 3.05) is 6.61 Å². The van der Waals surface area contributed by atoms with Crippen LogP contribution in [0.5, 0.6) is 5.75 Å². The van der Waals surface area contributed by atoms with Crippen LogP contribution in [0.4, 0.5) is 8.78 Å². The van der Waals surface area contributed by atoms with Crippen molar-refractivity contribution in [1.29, 1.82) is 0 Å². The lowest BCUT2D eigenvalue weighted by atomic mass is 10.0. The number of hydrogen-bond donors (Lipinski definition) is 1. The second kappa shape index (κ2) is 10.3. The molecule has 6 nitrogen and oxygen atoms in total. The van der Waals surface area contributed by atoms with Gasteiger partial charge in [-0.3, -0.25) is 9.59 Å². The molecule has 4 aromatic rings. The molecule has 0 atom stereocenters. The number of ketones is 1. The molecule has 0 amide bonds. The second-order valence-electron chi connectivity index (χ2n) is 9.31. The Morgan fingerprint density at radius 1 is 1.00 bits per heavy atom. The molecule has 0 fully saturated rings. The molecule has 0 aliphatic rings. The third-order valence-corrected chi connectivity index (χ3v) is 5.37. The van der Waals surface area contributed by atoms with Gasteiger partial charge in [-0.15, -0.1) is 0 Å². The minimum atomic E-state index is -0.917. The van der Waals surface area contributed by atoms with E-state index in [2.05, 4.69) is 9.97 Å². The highest BCUT2D eigenvalue weighted by Gasteiger charge is 2.22. The topological polar surface area (TPSA) is 81.3 Å². The second-order valence-corrected chi connectivity index (χ2v) is 9.31. The highest BCUT2D eigenvalue weighted by molar-refractivity contribution is 6.16. The fourth-order valence-corrected chi connectivity index (χ4v) is 3.74. The number of carbonyl (C=O) groups excluding carboxylic acids is 2. The molecule has 8 heteroatoms. The summed E-state index contributed by atoms with van der Waals surface area (Å²) < 4.78 is 39.3. The Labute approximate surface area is 207 Å². The van der Waals surface area contributed by atoms with E-state index in [0.717, 1.165) is 23.3 Å². The molecule has 2 aromatic carbocycles. The number of halogens is 2. The number of nitrogens with zero attached hydrogens (tertiary/aromatic N) is 1. The number of nitrogens with one attached hydrogen (secondary N) is 1. The first-order valence-corrected chi connectivity index (χ1v) is 11.5. The van der Waals surface area contributed by atoms with E-state index < -0.39 is 28.6 Å². The van der Waals surface area contributed by atoms with Crippen LogP contribution < -0.4 is 4.74 Å². The van der Waals surface area contributed by atoms with Gasteiger partial charge in [0.1, 0.15) is 28.6 Å². The van der Waals surface area contributed by atoms with Crippen LogP contribution in [-0.4, -0.2) is 33.9 Å². The predicted molar refractivity (Wildman–Crippen MR) is 132 cm³/mol. The molecular weight excluding hydrogens is 466 g/mol. The van der Waals surface area contributed by atoms with Gasteiger partial charge < -0.3 is 14.5 Å². The number of pyridine rings is 1. The summed E-state index contributed by atoms with van der Waals surface area (Å²) in [4.78, 5) is 31.9. The van der Waals surface area contributed by atoms with Crippen molar-refractivity contribution in [1.82, 2.24) is 9.97 Å². The van der Waals surface area contributed by atoms with Crippen molar-refractivity contribution in [3.05, 3.63) is 83.7 Å². The highest BCUT2D eigenvalue weighted by Crippen LogP contribution is 2.28. The van der Waals surface area contributed by atoms with Gasteiger partial charge in [0, 0.05) is 35.3 Å². The summed E-state index contributed by atoms with van der Waals surface area (Å²) in [5, 5.41) is 0.461. The van der Waals surface area contributed by atoms with Gasteiger partial charge in [0.25, 0.3) is 0 Å². The van der Waals surface area contributed by atoms with E-state index in [0.29, 0.717) is 29.8 Å². The molecule has 186 valence electrons. The molecule has 0 saturated heterocycles. The van der Waals surface area contributed by atoms with E-state index in [1.54, 1.807) is 24.4 Å². The van der Waals surface area contributed by atoms with Crippen molar-refractivity contribution in [2.24, 2.45) is 0 Å². The zero-order valence-corrected chi connectivity index (χ0v) is 20.2. The van der Waals surface area contributed by atoms with Crippen molar-refractivity contribution >= 4 is 22.8 Å². The number of aromatic amines is 1. The maximum atomic E-state index is 14.2. The summed E-state index contributed by atoms with van der Waals surface area (Å²) in [6.45, 7) is 5.85. The lowest BCUT2D eigenvalue weighted by Gasteiger charge is -2.19. The normalized spacial score (nSPS) is 11.5. The average molecular weight is 493 g/mol. The van der Waals surface area contributed by atoms with E-state index in [1.165, 1.54) is 12.3 Å². The zero-order chi connectivity index (χ0) is 25.9. The van der Waals surface area contributed by atoms with Crippen LogP contribution in [0, 0.1) is 11.6 Å². The van der Waals surface area contributed by atoms with Crippen LogP contribution in [0.3, 0.4) is 0 Å². The molecule has 0 aliphatic heterocycles. The van der Waals surface area contributed by atoms with Crippen molar-refractivity contribution in [3.63, 3.8) is 0 Å². The SMILES string of the molecule is CC(C)(C)OC(=O)CCCOc1ccc(-c2cnc3[nH]cc(C(=O)c4c(F)cccc4F)c3c2)cc1. The molecule has 36 heavy (non-hydrogen) atoms. The largest absolute Gasteiger partial charge is 0.494 e. The van der Waals surface area contributed by atoms with Crippen molar-refractivity contribution < 1.29 is 27.8 Å². The van der Waals surface area contributed by atoms with E-state index in [9.17, 15) is 18.4 Å². The van der Waals surface area contributed by atoms with E-state index in [4.69, 9.17) is 9.47 Å². The quantitative estimate of drug-likeness (QED) is 0.179. The van der Waals surface area contributed by atoms with Gasteiger partial charge >= 0.3 is 5.97 Å². The van der Waals surface area contributed by atoms with E-state index in [-0.39, 0.29) is 18.0 Å². The number of H-pyrrole nitrogens is 1. The molecule has 2 heterocycles. The summed E-state index contributed by atoms with van der Waals surface area (Å²) in [5.41, 5.74) is 1.01. The van der Waals surface area contributed by atoms with E-state index >= 15 is 0 Å². The van der Waals surface area contributed by atoms with Crippen LogP contribution >= 0.6 is 0 Å². The Morgan fingerprint density at radius 3 is 2.36 bits per heavy atom. The first-order valence-electron chi connectivity index (χ1n) is 11.5. The third kappa shape index (κ3) is 5.76. The minimum Gasteiger partial charge on any atom is -0.494 e. The Kier molecular flexibility index (Phi) is 7.15. The van der Waals surface area contributed by atoms with Crippen LogP contribution in [0.25, 0.3) is 22.2 Å². The number of fused-ring (bicyclic) bond motifs is 1. The molecule has 0 spiro atoms. The summed E-state index contributed by atoms with van der Waals surface area (Å²) in [6, 6.07) is 12.3. The summed E-state index contributed by atoms with van der Waals surface area (Å²) >= 11 is 0. The molecule has 4 rings (SSSR count). The minimum absolute atomic E-state index is 0.133. The van der Waals surface area contributed by atoms with Crippen LogP contribution in [0.1, 0.15) is 49.5 Å². The molecular formula is C28H26F2N2O4. The Hall–Kier alpha value is -4.07. The van der Waals surface area contributed by atoms with Gasteiger partial charge in [0.15, 0.2) is 0 Å². The average Bonchev–Trinajstić information content (AvgIpc) is 3.24. The van der Waals surface area contributed by atoms with Crippen LogP contribution in [-0.2, 0) is 9.53 Å². The summed E-state index contributed by atoms with van der Waals surface area (Å²) in [7, 11) is 0. The molecule has 0 radical (unpaired) electrons. The molecule has 0 bridgehead atoms. The Bertz CT molecular complexity index is 1390. The van der Waals surface area contributed by atoms with Crippen LogP contribution in [0.2, 0.25) is 0 Å². The lowest BCUT2D eigenvalue weighted by Crippen LogP contribution is -2.23. The fraction of sp³-hybridized carbons (Fsp3) is 0.250. The van der Waals surface area contributed by atoms with E-state index in [1.807, 2.05) is 32.9 Å².